The van der Waals surface area contributed by atoms with Crippen molar-refractivity contribution < 1.29 is 9.90 Å². The van der Waals surface area contributed by atoms with Crippen molar-refractivity contribution in [1.29, 1.82) is 0 Å². The van der Waals surface area contributed by atoms with Gasteiger partial charge in [-0.15, -0.1) is 0 Å². The number of carbonyl (C=O) groups is 1. The molecule has 0 bridgehead atoms. The second kappa shape index (κ2) is 4.88. The van der Waals surface area contributed by atoms with Crippen LogP contribution in [0.25, 0.3) is 0 Å². The van der Waals surface area contributed by atoms with E-state index >= 15 is 0 Å². The third kappa shape index (κ3) is 2.67. The summed E-state index contributed by atoms with van der Waals surface area (Å²) in [5.41, 5.74) is 3.47. The Labute approximate surface area is 102 Å². The maximum absolute atomic E-state index is 12.0. The lowest BCUT2D eigenvalue weighted by Crippen LogP contribution is -2.51. The average Bonchev–Trinajstić information content (AvgIpc) is 2.22. The number of aryl methyl sites for hydroxylation is 2. The third-order valence-corrected chi connectivity index (χ3v) is 3.41. The molecule has 2 rings (SSSR count). The van der Waals surface area contributed by atoms with Crippen molar-refractivity contribution in [2.24, 2.45) is 5.92 Å². The Hall–Kier alpha value is -1.35. The molecule has 1 aliphatic heterocycles. The van der Waals surface area contributed by atoms with Gasteiger partial charge in [-0.1, -0.05) is 23.8 Å². The van der Waals surface area contributed by atoms with Crippen molar-refractivity contribution in [3.05, 3.63) is 34.9 Å². The molecular weight excluding hydrogens is 214 g/mol. The van der Waals surface area contributed by atoms with Gasteiger partial charge in [0.05, 0.1) is 6.42 Å². The summed E-state index contributed by atoms with van der Waals surface area (Å²) in [7, 11) is 0. The van der Waals surface area contributed by atoms with Crippen molar-refractivity contribution in [3.63, 3.8) is 0 Å². The minimum Gasteiger partial charge on any atom is -0.396 e. The topological polar surface area (TPSA) is 40.5 Å². The lowest BCUT2D eigenvalue weighted by Gasteiger charge is -2.38. The number of rotatable bonds is 3. The van der Waals surface area contributed by atoms with E-state index in [4.69, 9.17) is 5.11 Å². The van der Waals surface area contributed by atoms with Crippen LogP contribution in [0.3, 0.4) is 0 Å². The Kier molecular flexibility index (Phi) is 3.48. The first-order chi connectivity index (χ1) is 8.10. The number of likely N-dealkylation sites (tertiary alicyclic amines) is 1. The van der Waals surface area contributed by atoms with Crippen molar-refractivity contribution in [3.8, 4) is 0 Å². The summed E-state index contributed by atoms with van der Waals surface area (Å²) in [5, 5.41) is 8.92. The molecule has 0 unspecified atom stereocenters. The Bertz CT molecular complexity index is 422. The van der Waals surface area contributed by atoms with Crippen LogP contribution >= 0.6 is 0 Å². The van der Waals surface area contributed by atoms with E-state index < -0.39 is 0 Å². The predicted octanol–water partition coefficient (Wildman–Crippen LogP) is 1.30. The standard InChI is InChI=1S/C14H19NO2/c1-10-3-4-11(2)13(5-10)6-14(17)15-7-12(8-15)9-16/h3-5,12,16H,6-9H2,1-2H3. The smallest absolute Gasteiger partial charge is 0.227 e. The monoisotopic (exact) mass is 233 g/mol. The molecule has 0 saturated carbocycles. The zero-order chi connectivity index (χ0) is 12.4. The van der Waals surface area contributed by atoms with Gasteiger partial charge < -0.3 is 10.0 Å². The molecule has 92 valence electrons. The molecule has 1 N–H and O–H groups in total. The van der Waals surface area contributed by atoms with Crippen LogP contribution in [0.2, 0.25) is 0 Å². The van der Waals surface area contributed by atoms with Gasteiger partial charge >= 0.3 is 0 Å². The molecule has 1 amide bonds. The number of hydrogen-bond donors (Lipinski definition) is 1. The lowest BCUT2D eigenvalue weighted by molar-refractivity contribution is -0.137. The normalized spacial score (nSPS) is 15.8. The van der Waals surface area contributed by atoms with E-state index in [9.17, 15) is 4.79 Å². The van der Waals surface area contributed by atoms with E-state index in [1.54, 1.807) is 0 Å². The molecule has 3 nitrogen and oxygen atoms in total. The number of aliphatic hydroxyl groups is 1. The first kappa shape index (κ1) is 12.1. The number of amides is 1. The van der Waals surface area contributed by atoms with Crippen molar-refractivity contribution >= 4 is 5.91 Å². The van der Waals surface area contributed by atoms with Crippen LogP contribution in [-0.4, -0.2) is 35.6 Å². The molecule has 1 aliphatic rings. The van der Waals surface area contributed by atoms with Gasteiger partial charge in [-0.3, -0.25) is 4.79 Å². The quantitative estimate of drug-likeness (QED) is 0.854. The summed E-state index contributed by atoms with van der Waals surface area (Å²) < 4.78 is 0. The van der Waals surface area contributed by atoms with Gasteiger partial charge in [0.25, 0.3) is 0 Å². The van der Waals surface area contributed by atoms with E-state index in [-0.39, 0.29) is 18.4 Å². The fourth-order valence-corrected chi connectivity index (χ4v) is 2.15. The molecule has 1 aromatic carbocycles. The predicted molar refractivity (Wildman–Crippen MR) is 66.8 cm³/mol. The molecule has 0 aliphatic carbocycles. The molecule has 0 radical (unpaired) electrons. The first-order valence-corrected chi connectivity index (χ1v) is 6.05. The SMILES string of the molecule is Cc1ccc(C)c(CC(=O)N2CC(CO)C2)c1. The Morgan fingerprint density at radius 2 is 2.12 bits per heavy atom. The van der Waals surface area contributed by atoms with E-state index in [0.29, 0.717) is 19.5 Å². The third-order valence-electron chi connectivity index (χ3n) is 3.41. The first-order valence-electron chi connectivity index (χ1n) is 6.05. The maximum atomic E-state index is 12.0. The van der Waals surface area contributed by atoms with Crippen LogP contribution in [0.15, 0.2) is 18.2 Å². The molecule has 1 fully saturated rings. The van der Waals surface area contributed by atoms with Gasteiger partial charge in [-0.2, -0.15) is 0 Å². The number of carbonyl (C=O) groups excluding carboxylic acids is 1. The van der Waals surface area contributed by atoms with Gasteiger partial charge in [0, 0.05) is 25.6 Å². The second-order valence-electron chi connectivity index (χ2n) is 4.95. The van der Waals surface area contributed by atoms with Gasteiger partial charge in [0.1, 0.15) is 0 Å². The number of aliphatic hydroxyl groups excluding tert-OH is 1. The highest BCUT2D eigenvalue weighted by Gasteiger charge is 2.29. The highest BCUT2D eigenvalue weighted by molar-refractivity contribution is 5.80. The minimum atomic E-state index is 0.170. The van der Waals surface area contributed by atoms with Crippen molar-refractivity contribution in [2.75, 3.05) is 19.7 Å². The number of hydrogen-bond acceptors (Lipinski definition) is 2. The largest absolute Gasteiger partial charge is 0.396 e. The van der Waals surface area contributed by atoms with Gasteiger partial charge in [0.15, 0.2) is 0 Å². The van der Waals surface area contributed by atoms with Crippen LogP contribution in [0.4, 0.5) is 0 Å². The van der Waals surface area contributed by atoms with E-state index in [1.807, 2.05) is 18.7 Å². The molecular formula is C14H19NO2. The summed E-state index contributed by atoms with van der Waals surface area (Å²) in [6.07, 6.45) is 0.478. The molecule has 1 aromatic rings. The average molecular weight is 233 g/mol. The molecule has 0 aromatic heterocycles. The van der Waals surface area contributed by atoms with Crippen molar-refractivity contribution in [1.82, 2.24) is 4.90 Å². The van der Waals surface area contributed by atoms with Crippen LogP contribution in [-0.2, 0) is 11.2 Å². The molecule has 1 heterocycles. The zero-order valence-corrected chi connectivity index (χ0v) is 10.4. The zero-order valence-electron chi connectivity index (χ0n) is 10.4. The lowest BCUT2D eigenvalue weighted by atomic mass is 9.98. The Morgan fingerprint density at radius 1 is 1.41 bits per heavy atom. The summed E-state index contributed by atoms with van der Waals surface area (Å²) in [5.74, 6) is 0.459. The van der Waals surface area contributed by atoms with Crippen LogP contribution in [0.1, 0.15) is 16.7 Å². The summed E-state index contributed by atoms with van der Waals surface area (Å²) in [6, 6.07) is 6.20. The Balaban J connectivity index is 1.97. The molecule has 0 spiro atoms. The number of benzene rings is 1. The van der Waals surface area contributed by atoms with Gasteiger partial charge in [0.2, 0.25) is 5.91 Å². The van der Waals surface area contributed by atoms with Crippen LogP contribution in [0, 0.1) is 19.8 Å². The fraction of sp³-hybridized carbons (Fsp3) is 0.500. The van der Waals surface area contributed by atoms with E-state index in [0.717, 1.165) is 5.56 Å². The maximum Gasteiger partial charge on any atom is 0.227 e. The van der Waals surface area contributed by atoms with Crippen LogP contribution < -0.4 is 0 Å². The molecule has 1 saturated heterocycles. The summed E-state index contributed by atoms with van der Waals surface area (Å²) >= 11 is 0. The summed E-state index contributed by atoms with van der Waals surface area (Å²) in [4.78, 5) is 13.8. The van der Waals surface area contributed by atoms with Crippen molar-refractivity contribution in [2.45, 2.75) is 20.3 Å². The molecule has 17 heavy (non-hydrogen) atoms. The van der Waals surface area contributed by atoms with Crippen LogP contribution in [0.5, 0.6) is 0 Å². The summed E-state index contributed by atoms with van der Waals surface area (Å²) in [6.45, 7) is 5.68. The Morgan fingerprint density at radius 3 is 2.76 bits per heavy atom. The van der Waals surface area contributed by atoms with E-state index in [2.05, 4.69) is 18.2 Å². The number of nitrogens with zero attached hydrogens (tertiary/aromatic N) is 1. The molecule has 3 heteroatoms. The molecule has 0 atom stereocenters. The highest BCUT2D eigenvalue weighted by atomic mass is 16.3. The highest BCUT2D eigenvalue weighted by Crippen LogP contribution is 2.18. The van der Waals surface area contributed by atoms with Gasteiger partial charge in [-0.25, -0.2) is 0 Å². The fourth-order valence-electron chi connectivity index (χ4n) is 2.15. The van der Waals surface area contributed by atoms with E-state index in [1.165, 1.54) is 11.1 Å². The van der Waals surface area contributed by atoms with Gasteiger partial charge in [-0.05, 0) is 25.0 Å². The minimum absolute atomic E-state index is 0.170. The second-order valence-corrected chi connectivity index (χ2v) is 4.95.